The first-order chi connectivity index (χ1) is 8.95. The molecule has 3 N–H and O–H groups in total. The van der Waals surface area contributed by atoms with Gasteiger partial charge in [-0.15, -0.1) is 0 Å². The van der Waals surface area contributed by atoms with E-state index >= 15 is 0 Å². The average Bonchev–Trinajstić information content (AvgIpc) is 2.69. The van der Waals surface area contributed by atoms with Crippen LogP contribution in [0.1, 0.15) is 20.8 Å². The molecule has 0 saturated heterocycles. The number of carbonyl (C=O) groups excluding carboxylic acids is 1. The molecule has 0 fully saturated rings. The Kier molecular flexibility index (Phi) is 3.99. The lowest BCUT2D eigenvalue weighted by Crippen LogP contribution is -2.35. The number of nitrogen functional groups attached to an aromatic ring is 1. The van der Waals surface area contributed by atoms with E-state index in [-0.39, 0.29) is 17.2 Å². The van der Waals surface area contributed by atoms with Crippen LogP contribution in [0.15, 0.2) is 27.8 Å². The predicted octanol–water partition coefficient (Wildman–Crippen LogP) is 2.42. The van der Waals surface area contributed by atoms with Gasteiger partial charge in [-0.05, 0) is 32.9 Å². The third-order valence-electron chi connectivity index (χ3n) is 2.47. The number of fused-ring (bicyclic) bond motifs is 1. The van der Waals surface area contributed by atoms with Crippen LogP contribution < -0.4 is 11.1 Å². The van der Waals surface area contributed by atoms with Crippen LogP contribution in [0.4, 0.5) is 5.69 Å². The maximum absolute atomic E-state index is 11.8. The molecule has 102 valence electrons. The molecular weight excluding hydrogens is 262 g/mol. The zero-order valence-electron chi connectivity index (χ0n) is 11.1. The molecule has 5 nitrogen and oxygen atoms in total. The van der Waals surface area contributed by atoms with Gasteiger partial charge in [0.25, 0.3) is 5.22 Å². The number of anilines is 1. The van der Waals surface area contributed by atoms with E-state index in [1.165, 1.54) is 11.8 Å². The molecule has 19 heavy (non-hydrogen) atoms. The van der Waals surface area contributed by atoms with Gasteiger partial charge in [-0.25, -0.2) is 4.98 Å². The van der Waals surface area contributed by atoms with E-state index in [4.69, 9.17) is 10.2 Å². The molecule has 2 aromatic rings. The summed E-state index contributed by atoms with van der Waals surface area (Å²) >= 11 is 1.29. The number of nitrogens with one attached hydrogen (secondary N) is 1. The Morgan fingerprint density at radius 3 is 2.84 bits per heavy atom. The standard InChI is InChI=1S/C13H17N3O2S/c1-7(2)15-12(17)8(3)19-13-16-10-5-4-9(14)6-11(10)18-13/h4-8H,14H2,1-3H3,(H,15,17). The van der Waals surface area contributed by atoms with Crippen molar-refractivity contribution >= 4 is 34.5 Å². The molecule has 1 heterocycles. The summed E-state index contributed by atoms with van der Waals surface area (Å²) in [4.78, 5) is 16.1. The zero-order valence-corrected chi connectivity index (χ0v) is 12.0. The second-order valence-corrected chi connectivity index (χ2v) is 5.92. The number of hydrogen-bond acceptors (Lipinski definition) is 5. The SMILES string of the molecule is CC(C)NC(=O)C(C)Sc1nc2ccc(N)cc2o1. The van der Waals surface area contributed by atoms with Gasteiger partial charge >= 0.3 is 0 Å². The molecule has 0 spiro atoms. The number of carbonyl (C=O) groups is 1. The molecule has 0 aliphatic carbocycles. The van der Waals surface area contributed by atoms with Gasteiger partial charge in [-0.1, -0.05) is 11.8 Å². The Morgan fingerprint density at radius 1 is 1.42 bits per heavy atom. The number of rotatable bonds is 4. The van der Waals surface area contributed by atoms with E-state index in [9.17, 15) is 4.79 Å². The fourth-order valence-corrected chi connectivity index (χ4v) is 2.34. The summed E-state index contributed by atoms with van der Waals surface area (Å²) in [5.74, 6) is -0.0261. The van der Waals surface area contributed by atoms with Crippen molar-refractivity contribution in [3.05, 3.63) is 18.2 Å². The van der Waals surface area contributed by atoms with E-state index in [1.54, 1.807) is 18.2 Å². The lowest BCUT2D eigenvalue weighted by molar-refractivity contribution is -0.120. The Bertz CT molecular complexity index is 595. The Morgan fingerprint density at radius 2 is 2.16 bits per heavy atom. The number of aromatic nitrogens is 1. The van der Waals surface area contributed by atoms with E-state index < -0.39 is 0 Å². The fourth-order valence-electron chi connectivity index (χ4n) is 1.58. The van der Waals surface area contributed by atoms with Crippen molar-refractivity contribution in [1.29, 1.82) is 0 Å². The van der Waals surface area contributed by atoms with Gasteiger partial charge < -0.3 is 15.5 Å². The second kappa shape index (κ2) is 5.52. The quantitative estimate of drug-likeness (QED) is 0.663. The maximum Gasteiger partial charge on any atom is 0.257 e. The van der Waals surface area contributed by atoms with Crippen molar-refractivity contribution in [3.8, 4) is 0 Å². The van der Waals surface area contributed by atoms with Crippen molar-refractivity contribution in [2.24, 2.45) is 0 Å². The summed E-state index contributed by atoms with van der Waals surface area (Å²) in [5.41, 5.74) is 7.69. The van der Waals surface area contributed by atoms with E-state index in [1.807, 2.05) is 20.8 Å². The third kappa shape index (κ3) is 3.41. The fraction of sp³-hybridized carbons (Fsp3) is 0.385. The molecule has 0 radical (unpaired) electrons. The zero-order chi connectivity index (χ0) is 14.0. The normalized spacial score (nSPS) is 12.8. The van der Waals surface area contributed by atoms with Crippen LogP contribution in [0.3, 0.4) is 0 Å². The first-order valence-corrected chi connectivity index (χ1v) is 6.97. The Hall–Kier alpha value is -1.69. The minimum atomic E-state index is -0.257. The van der Waals surface area contributed by atoms with Gasteiger partial charge in [0.05, 0.1) is 5.25 Å². The summed E-state index contributed by atoms with van der Waals surface area (Å²) in [7, 11) is 0. The van der Waals surface area contributed by atoms with Gasteiger partial charge in [0.1, 0.15) is 5.52 Å². The van der Waals surface area contributed by atoms with Crippen LogP contribution in [0.2, 0.25) is 0 Å². The van der Waals surface area contributed by atoms with Crippen molar-refractivity contribution in [3.63, 3.8) is 0 Å². The molecule has 1 aromatic carbocycles. The molecule has 1 amide bonds. The number of oxazole rings is 1. The summed E-state index contributed by atoms with van der Waals surface area (Å²) in [6, 6.07) is 5.43. The van der Waals surface area contributed by atoms with Crippen LogP contribution in [0, 0.1) is 0 Å². The van der Waals surface area contributed by atoms with Crippen LogP contribution in [-0.4, -0.2) is 22.2 Å². The minimum Gasteiger partial charge on any atom is -0.431 e. The summed E-state index contributed by atoms with van der Waals surface area (Å²) in [6.45, 7) is 5.68. The topological polar surface area (TPSA) is 81.2 Å². The number of nitrogens with zero attached hydrogens (tertiary/aromatic N) is 1. The Balaban J connectivity index is 2.10. The highest BCUT2D eigenvalue weighted by atomic mass is 32.2. The van der Waals surface area contributed by atoms with Crippen molar-refractivity contribution in [1.82, 2.24) is 10.3 Å². The summed E-state index contributed by atoms with van der Waals surface area (Å²) in [5, 5.41) is 3.08. The smallest absolute Gasteiger partial charge is 0.257 e. The van der Waals surface area contributed by atoms with Gasteiger partial charge in [0.15, 0.2) is 5.58 Å². The number of benzene rings is 1. The number of thioether (sulfide) groups is 1. The molecule has 2 rings (SSSR count). The highest BCUT2D eigenvalue weighted by Crippen LogP contribution is 2.27. The highest BCUT2D eigenvalue weighted by molar-refractivity contribution is 8.00. The molecule has 0 bridgehead atoms. The molecule has 0 saturated carbocycles. The lowest BCUT2D eigenvalue weighted by atomic mass is 10.3. The minimum absolute atomic E-state index is 0.0261. The number of hydrogen-bond donors (Lipinski definition) is 2. The van der Waals surface area contributed by atoms with Crippen LogP contribution in [0.25, 0.3) is 11.1 Å². The van der Waals surface area contributed by atoms with Crippen molar-refractivity contribution in [2.45, 2.75) is 37.3 Å². The Labute approximate surface area is 115 Å². The van der Waals surface area contributed by atoms with E-state index in [0.717, 1.165) is 5.52 Å². The van der Waals surface area contributed by atoms with E-state index in [0.29, 0.717) is 16.5 Å². The van der Waals surface area contributed by atoms with Gasteiger partial charge in [0.2, 0.25) is 5.91 Å². The van der Waals surface area contributed by atoms with Crippen LogP contribution in [0.5, 0.6) is 0 Å². The van der Waals surface area contributed by atoms with Crippen LogP contribution >= 0.6 is 11.8 Å². The number of nitrogens with two attached hydrogens (primary N) is 1. The molecule has 1 atom stereocenters. The molecule has 0 aliphatic heterocycles. The second-order valence-electron chi connectivity index (χ2n) is 4.63. The van der Waals surface area contributed by atoms with Gasteiger partial charge in [-0.3, -0.25) is 4.79 Å². The molecule has 0 aliphatic rings. The first-order valence-electron chi connectivity index (χ1n) is 6.09. The van der Waals surface area contributed by atoms with E-state index in [2.05, 4.69) is 10.3 Å². The first kappa shape index (κ1) is 13.7. The van der Waals surface area contributed by atoms with Crippen molar-refractivity contribution < 1.29 is 9.21 Å². The predicted molar refractivity (Wildman–Crippen MR) is 77.0 cm³/mol. The molecule has 6 heteroatoms. The van der Waals surface area contributed by atoms with Gasteiger partial charge in [0, 0.05) is 17.8 Å². The average molecular weight is 279 g/mol. The molecule has 1 aromatic heterocycles. The largest absolute Gasteiger partial charge is 0.431 e. The third-order valence-corrected chi connectivity index (χ3v) is 3.41. The van der Waals surface area contributed by atoms with Gasteiger partial charge in [-0.2, -0.15) is 0 Å². The monoisotopic (exact) mass is 279 g/mol. The molecule has 1 unspecified atom stereocenters. The van der Waals surface area contributed by atoms with Crippen LogP contribution in [-0.2, 0) is 4.79 Å². The molecular formula is C13H17N3O2S. The highest BCUT2D eigenvalue weighted by Gasteiger charge is 2.18. The lowest BCUT2D eigenvalue weighted by Gasteiger charge is -2.12. The number of amides is 1. The summed E-state index contributed by atoms with van der Waals surface area (Å²) in [6.07, 6.45) is 0. The maximum atomic E-state index is 11.8. The van der Waals surface area contributed by atoms with Crippen molar-refractivity contribution in [2.75, 3.05) is 5.73 Å². The summed E-state index contributed by atoms with van der Waals surface area (Å²) < 4.78 is 5.57.